The van der Waals surface area contributed by atoms with E-state index in [2.05, 4.69) is 10.1 Å². The van der Waals surface area contributed by atoms with Gasteiger partial charge in [-0.3, -0.25) is 9.59 Å². The lowest BCUT2D eigenvalue weighted by Gasteiger charge is -2.16. The molecule has 0 heterocycles. The van der Waals surface area contributed by atoms with Crippen LogP contribution in [0.3, 0.4) is 0 Å². The smallest absolute Gasteiger partial charge is 0.328 e. The number of hydrogen-bond donors (Lipinski definition) is 2. The average Bonchev–Trinajstić information content (AvgIpc) is 2.39. The van der Waals surface area contributed by atoms with E-state index < -0.39 is 18.0 Å². The lowest BCUT2D eigenvalue weighted by molar-refractivity contribution is -0.144. The molecule has 7 heteroatoms. The fourth-order valence-electron chi connectivity index (χ4n) is 1.75. The summed E-state index contributed by atoms with van der Waals surface area (Å²) in [5.41, 5.74) is 0.576. The van der Waals surface area contributed by atoms with Crippen LogP contribution in [0.15, 0.2) is 18.2 Å². The fraction of sp³-hybridized carbons (Fsp3) is 0.357. The van der Waals surface area contributed by atoms with Crippen molar-refractivity contribution in [2.75, 3.05) is 7.11 Å². The fourth-order valence-corrected chi connectivity index (χ4v) is 1.75. The molecule has 0 saturated heterocycles. The molecule has 0 aliphatic carbocycles. The van der Waals surface area contributed by atoms with Crippen LogP contribution in [0.5, 0.6) is 11.5 Å². The van der Waals surface area contributed by atoms with Crippen LogP contribution in [-0.2, 0) is 25.5 Å². The third kappa shape index (κ3) is 5.13. The minimum atomic E-state index is -0.855. The maximum Gasteiger partial charge on any atom is 0.328 e. The average molecular weight is 295 g/mol. The van der Waals surface area contributed by atoms with Crippen molar-refractivity contribution in [2.45, 2.75) is 26.3 Å². The maximum atomic E-state index is 11.6. The van der Waals surface area contributed by atoms with E-state index in [1.165, 1.54) is 33.1 Å². The van der Waals surface area contributed by atoms with Crippen molar-refractivity contribution in [3.8, 4) is 11.5 Å². The largest absolute Gasteiger partial charge is 0.504 e. The van der Waals surface area contributed by atoms with E-state index in [0.29, 0.717) is 5.56 Å². The Bertz CT molecular complexity index is 554. The molecular formula is C14H17NO6. The summed E-state index contributed by atoms with van der Waals surface area (Å²) in [6, 6.07) is 3.49. The molecule has 0 spiro atoms. The van der Waals surface area contributed by atoms with Gasteiger partial charge in [-0.1, -0.05) is 6.07 Å². The third-order valence-corrected chi connectivity index (χ3v) is 2.58. The number of amides is 1. The molecule has 1 aromatic carbocycles. The molecule has 1 rings (SSSR count). The summed E-state index contributed by atoms with van der Waals surface area (Å²) in [5.74, 6) is -1.71. The van der Waals surface area contributed by atoms with Gasteiger partial charge in [-0.2, -0.15) is 0 Å². The number of phenols is 1. The third-order valence-electron chi connectivity index (χ3n) is 2.58. The first-order valence-corrected chi connectivity index (χ1v) is 6.18. The van der Waals surface area contributed by atoms with Crippen LogP contribution in [0, 0.1) is 0 Å². The van der Waals surface area contributed by atoms with Crippen LogP contribution in [0.4, 0.5) is 0 Å². The van der Waals surface area contributed by atoms with E-state index in [-0.39, 0.29) is 23.8 Å². The first-order valence-electron chi connectivity index (χ1n) is 6.18. The Labute approximate surface area is 121 Å². The lowest BCUT2D eigenvalue weighted by Crippen LogP contribution is -2.41. The number of methoxy groups -OCH3 is 1. The number of benzene rings is 1. The van der Waals surface area contributed by atoms with Gasteiger partial charge in [0.2, 0.25) is 5.91 Å². The zero-order valence-corrected chi connectivity index (χ0v) is 12.0. The van der Waals surface area contributed by atoms with Crippen LogP contribution in [0.2, 0.25) is 0 Å². The first-order chi connectivity index (χ1) is 9.83. The number of aromatic hydroxyl groups is 1. The van der Waals surface area contributed by atoms with E-state index in [9.17, 15) is 19.5 Å². The summed E-state index contributed by atoms with van der Waals surface area (Å²) in [6.45, 7) is 2.51. The predicted molar refractivity (Wildman–Crippen MR) is 72.7 cm³/mol. The highest BCUT2D eigenvalue weighted by atomic mass is 16.5. The van der Waals surface area contributed by atoms with Gasteiger partial charge in [0.1, 0.15) is 6.04 Å². The van der Waals surface area contributed by atoms with Gasteiger partial charge in [0.15, 0.2) is 11.5 Å². The predicted octanol–water partition coefficient (Wildman–Crippen LogP) is 0.538. The minimum Gasteiger partial charge on any atom is -0.504 e. The number of esters is 2. The van der Waals surface area contributed by atoms with Gasteiger partial charge >= 0.3 is 11.9 Å². The molecule has 0 bridgehead atoms. The maximum absolute atomic E-state index is 11.6. The molecule has 1 aromatic rings. The van der Waals surface area contributed by atoms with Crippen molar-refractivity contribution in [3.63, 3.8) is 0 Å². The second-order valence-corrected chi connectivity index (χ2v) is 4.38. The number of phenolic OH excluding ortho intramolecular Hbond substituents is 1. The summed E-state index contributed by atoms with van der Waals surface area (Å²) in [5, 5.41) is 12.2. The monoisotopic (exact) mass is 295 g/mol. The van der Waals surface area contributed by atoms with Crippen molar-refractivity contribution in [3.05, 3.63) is 23.8 Å². The highest BCUT2D eigenvalue weighted by molar-refractivity contribution is 5.83. The zero-order valence-electron chi connectivity index (χ0n) is 12.0. The van der Waals surface area contributed by atoms with Crippen LogP contribution in [0.1, 0.15) is 19.4 Å². The molecule has 2 N–H and O–H groups in total. The quantitative estimate of drug-likeness (QED) is 0.607. The van der Waals surface area contributed by atoms with E-state index >= 15 is 0 Å². The van der Waals surface area contributed by atoms with Crippen LogP contribution < -0.4 is 10.1 Å². The number of carbonyl (C=O) groups is 3. The van der Waals surface area contributed by atoms with Crippen molar-refractivity contribution < 1.29 is 29.0 Å². The molecule has 0 aromatic heterocycles. The molecule has 1 atom stereocenters. The molecule has 0 aliphatic rings. The van der Waals surface area contributed by atoms with Crippen molar-refractivity contribution in [1.29, 1.82) is 0 Å². The molecule has 21 heavy (non-hydrogen) atoms. The number of hydrogen-bond acceptors (Lipinski definition) is 6. The molecule has 7 nitrogen and oxygen atoms in total. The summed E-state index contributed by atoms with van der Waals surface area (Å²) in [6.07, 6.45) is 0.139. The number of ether oxygens (including phenoxy) is 2. The SMILES string of the molecule is COC(=O)[C@@H](Cc1ccc(OC(C)=O)c(O)c1)NC(C)=O. The first kappa shape index (κ1) is 16.5. The van der Waals surface area contributed by atoms with Crippen molar-refractivity contribution in [1.82, 2.24) is 5.32 Å². The summed E-state index contributed by atoms with van der Waals surface area (Å²) < 4.78 is 9.39. The second-order valence-electron chi connectivity index (χ2n) is 4.38. The molecular weight excluding hydrogens is 278 g/mol. The normalized spacial score (nSPS) is 11.4. The molecule has 114 valence electrons. The van der Waals surface area contributed by atoms with Crippen LogP contribution >= 0.6 is 0 Å². The van der Waals surface area contributed by atoms with Gasteiger partial charge in [0, 0.05) is 20.3 Å². The molecule has 1 amide bonds. The number of nitrogens with one attached hydrogen (secondary N) is 1. The Kier molecular flexibility index (Phi) is 5.71. The van der Waals surface area contributed by atoms with Crippen LogP contribution in [-0.4, -0.2) is 36.1 Å². The van der Waals surface area contributed by atoms with Gasteiger partial charge in [-0.05, 0) is 17.7 Å². The Balaban J connectivity index is 2.89. The summed E-state index contributed by atoms with van der Waals surface area (Å²) >= 11 is 0. The molecule has 0 aliphatic heterocycles. The topological polar surface area (TPSA) is 102 Å². The van der Waals surface area contributed by atoms with E-state index in [0.717, 1.165) is 0 Å². The van der Waals surface area contributed by atoms with Crippen LogP contribution in [0.25, 0.3) is 0 Å². The van der Waals surface area contributed by atoms with Gasteiger partial charge in [0.25, 0.3) is 0 Å². The Morgan fingerprint density at radius 1 is 1.29 bits per heavy atom. The highest BCUT2D eigenvalue weighted by Crippen LogP contribution is 2.27. The minimum absolute atomic E-state index is 0.0281. The Morgan fingerprint density at radius 2 is 1.95 bits per heavy atom. The van der Waals surface area contributed by atoms with Gasteiger partial charge < -0.3 is 19.9 Å². The van der Waals surface area contributed by atoms with E-state index in [4.69, 9.17) is 4.74 Å². The van der Waals surface area contributed by atoms with Gasteiger partial charge in [0.05, 0.1) is 7.11 Å². The molecule has 0 radical (unpaired) electrons. The van der Waals surface area contributed by atoms with Crippen molar-refractivity contribution in [2.24, 2.45) is 0 Å². The number of carbonyl (C=O) groups excluding carboxylic acids is 3. The molecule has 0 unspecified atom stereocenters. The Morgan fingerprint density at radius 3 is 2.43 bits per heavy atom. The Hall–Kier alpha value is -2.57. The summed E-state index contributed by atoms with van der Waals surface area (Å²) in [4.78, 5) is 33.5. The van der Waals surface area contributed by atoms with E-state index in [1.807, 2.05) is 0 Å². The van der Waals surface area contributed by atoms with E-state index in [1.54, 1.807) is 6.07 Å². The van der Waals surface area contributed by atoms with Crippen molar-refractivity contribution >= 4 is 17.8 Å². The zero-order chi connectivity index (χ0) is 16.0. The highest BCUT2D eigenvalue weighted by Gasteiger charge is 2.21. The van der Waals surface area contributed by atoms with Gasteiger partial charge in [-0.15, -0.1) is 0 Å². The molecule has 0 saturated carbocycles. The second kappa shape index (κ2) is 7.28. The standard InChI is InChI=1S/C14H17NO6/c1-8(16)15-11(14(19)20-3)6-10-4-5-13(12(18)7-10)21-9(2)17/h4-5,7,11,18H,6H2,1-3H3,(H,15,16)/t11-/m1/s1. The number of rotatable bonds is 5. The van der Waals surface area contributed by atoms with Gasteiger partial charge in [-0.25, -0.2) is 4.79 Å². The summed E-state index contributed by atoms with van der Waals surface area (Å²) in [7, 11) is 1.22. The molecule has 0 fully saturated rings. The lowest BCUT2D eigenvalue weighted by atomic mass is 10.1.